The van der Waals surface area contributed by atoms with E-state index in [9.17, 15) is 4.79 Å². The van der Waals surface area contributed by atoms with Crippen LogP contribution in [0.5, 0.6) is 0 Å². The Hall–Kier alpha value is -1.62. The molecular weight excluding hydrogens is 240 g/mol. The van der Waals surface area contributed by atoms with Crippen molar-refractivity contribution in [3.8, 4) is 0 Å². The molecule has 5 heteroatoms. The van der Waals surface area contributed by atoms with Crippen molar-refractivity contribution in [2.75, 3.05) is 18.0 Å². The standard InChI is InChI=1S/C14H22N4O/c1-3-10-8-18(7-6-12(10)15)14-11(13(16)19)5-4-9(2)17-14/h4-5,10,12H,3,6-8,15H2,1-2H3,(H2,16,19). The number of pyridine rings is 1. The van der Waals surface area contributed by atoms with Gasteiger partial charge in [0.1, 0.15) is 5.82 Å². The van der Waals surface area contributed by atoms with Gasteiger partial charge in [-0.25, -0.2) is 4.98 Å². The fourth-order valence-corrected chi connectivity index (χ4v) is 2.65. The minimum Gasteiger partial charge on any atom is -0.365 e. The van der Waals surface area contributed by atoms with Gasteiger partial charge in [0, 0.05) is 24.8 Å². The molecule has 0 saturated carbocycles. The fraction of sp³-hybridized carbons (Fsp3) is 0.571. The number of hydrogen-bond acceptors (Lipinski definition) is 4. The molecule has 0 aliphatic carbocycles. The molecule has 1 aliphatic rings. The van der Waals surface area contributed by atoms with Gasteiger partial charge >= 0.3 is 0 Å². The van der Waals surface area contributed by atoms with Crippen molar-refractivity contribution in [3.05, 3.63) is 23.4 Å². The van der Waals surface area contributed by atoms with Crippen molar-refractivity contribution in [2.24, 2.45) is 17.4 Å². The van der Waals surface area contributed by atoms with Gasteiger partial charge in [0.25, 0.3) is 5.91 Å². The summed E-state index contributed by atoms with van der Waals surface area (Å²) >= 11 is 0. The van der Waals surface area contributed by atoms with Gasteiger partial charge in [0.05, 0.1) is 5.56 Å². The van der Waals surface area contributed by atoms with Gasteiger partial charge in [-0.1, -0.05) is 13.3 Å². The second kappa shape index (κ2) is 5.57. The van der Waals surface area contributed by atoms with E-state index in [0.717, 1.165) is 31.6 Å². The van der Waals surface area contributed by atoms with Gasteiger partial charge in [-0.3, -0.25) is 4.79 Å². The van der Waals surface area contributed by atoms with Gasteiger partial charge in [-0.15, -0.1) is 0 Å². The third kappa shape index (κ3) is 2.87. The summed E-state index contributed by atoms with van der Waals surface area (Å²) in [5.74, 6) is 0.722. The molecule has 1 aliphatic heterocycles. The molecule has 19 heavy (non-hydrogen) atoms. The Morgan fingerprint density at radius 3 is 2.89 bits per heavy atom. The molecule has 0 aromatic carbocycles. The van der Waals surface area contributed by atoms with Gasteiger partial charge in [-0.05, 0) is 31.4 Å². The number of piperidine rings is 1. The van der Waals surface area contributed by atoms with Crippen LogP contribution in [0.25, 0.3) is 0 Å². The highest BCUT2D eigenvalue weighted by atomic mass is 16.1. The average Bonchev–Trinajstić information content (AvgIpc) is 2.38. The first-order chi connectivity index (χ1) is 9.02. The maximum atomic E-state index is 11.5. The number of nitrogens with two attached hydrogens (primary N) is 2. The smallest absolute Gasteiger partial charge is 0.252 e. The predicted molar refractivity (Wildman–Crippen MR) is 76.1 cm³/mol. The quantitative estimate of drug-likeness (QED) is 0.852. The summed E-state index contributed by atoms with van der Waals surface area (Å²) in [7, 11) is 0. The van der Waals surface area contributed by atoms with Crippen LogP contribution in [0.15, 0.2) is 12.1 Å². The first-order valence-corrected chi connectivity index (χ1v) is 6.81. The van der Waals surface area contributed by atoms with Crippen LogP contribution < -0.4 is 16.4 Å². The highest BCUT2D eigenvalue weighted by Gasteiger charge is 2.28. The zero-order valence-corrected chi connectivity index (χ0v) is 11.6. The zero-order valence-electron chi connectivity index (χ0n) is 11.6. The Balaban J connectivity index is 2.31. The molecule has 2 unspecified atom stereocenters. The highest BCUT2D eigenvalue weighted by molar-refractivity contribution is 5.97. The van der Waals surface area contributed by atoms with Crippen molar-refractivity contribution in [3.63, 3.8) is 0 Å². The normalized spacial score (nSPS) is 23.4. The molecular formula is C14H22N4O. The molecule has 4 N–H and O–H groups in total. The molecule has 2 rings (SSSR count). The van der Waals surface area contributed by atoms with Crippen LogP contribution in [-0.2, 0) is 0 Å². The first kappa shape index (κ1) is 13.8. The van der Waals surface area contributed by atoms with E-state index in [4.69, 9.17) is 11.5 Å². The highest BCUT2D eigenvalue weighted by Crippen LogP contribution is 2.25. The molecule has 2 atom stereocenters. The van der Waals surface area contributed by atoms with Gasteiger partial charge < -0.3 is 16.4 Å². The van der Waals surface area contributed by atoms with Crippen molar-refractivity contribution in [1.29, 1.82) is 0 Å². The number of primary amides is 1. The molecule has 5 nitrogen and oxygen atoms in total. The summed E-state index contributed by atoms with van der Waals surface area (Å²) in [6.45, 7) is 5.73. The lowest BCUT2D eigenvalue weighted by molar-refractivity contribution is 0.100. The van der Waals surface area contributed by atoms with Crippen molar-refractivity contribution in [2.45, 2.75) is 32.7 Å². The third-order valence-corrected chi connectivity index (χ3v) is 3.90. The summed E-state index contributed by atoms with van der Waals surface area (Å²) in [5, 5.41) is 0. The molecule has 0 radical (unpaired) electrons. The van der Waals surface area contributed by atoms with Gasteiger partial charge in [0.15, 0.2) is 0 Å². The van der Waals surface area contributed by atoms with Crippen LogP contribution >= 0.6 is 0 Å². The molecule has 1 aromatic rings. The summed E-state index contributed by atoms with van der Waals surface area (Å²) in [5.41, 5.74) is 12.9. The van der Waals surface area contributed by atoms with Crippen LogP contribution in [0.4, 0.5) is 5.82 Å². The summed E-state index contributed by atoms with van der Waals surface area (Å²) < 4.78 is 0. The molecule has 0 bridgehead atoms. The van der Waals surface area contributed by atoms with Gasteiger partial charge in [0.2, 0.25) is 0 Å². The summed E-state index contributed by atoms with van der Waals surface area (Å²) in [4.78, 5) is 18.2. The lowest BCUT2D eigenvalue weighted by atomic mass is 9.90. The SMILES string of the molecule is CCC1CN(c2nc(C)ccc2C(N)=O)CCC1N. The molecule has 1 saturated heterocycles. The topological polar surface area (TPSA) is 85.2 Å². The maximum Gasteiger partial charge on any atom is 0.252 e. The Labute approximate surface area is 114 Å². The van der Waals surface area contributed by atoms with E-state index in [1.165, 1.54) is 0 Å². The molecule has 1 fully saturated rings. The van der Waals surface area contributed by atoms with Gasteiger partial charge in [-0.2, -0.15) is 0 Å². The van der Waals surface area contributed by atoms with Crippen LogP contribution in [-0.4, -0.2) is 30.0 Å². The molecule has 1 aromatic heterocycles. The number of anilines is 1. The van der Waals surface area contributed by atoms with E-state index in [-0.39, 0.29) is 6.04 Å². The first-order valence-electron chi connectivity index (χ1n) is 6.81. The number of carbonyl (C=O) groups excluding carboxylic acids is 1. The van der Waals surface area contributed by atoms with E-state index < -0.39 is 5.91 Å². The number of amides is 1. The Bertz CT molecular complexity index is 475. The van der Waals surface area contributed by atoms with Crippen LogP contribution in [0.3, 0.4) is 0 Å². The lowest BCUT2D eigenvalue weighted by Crippen LogP contribution is -2.47. The lowest BCUT2D eigenvalue weighted by Gasteiger charge is -2.37. The number of aromatic nitrogens is 1. The van der Waals surface area contributed by atoms with E-state index in [1.54, 1.807) is 6.07 Å². The molecule has 2 heterocycles. The predicted octanol–water partition coefficient (Wildman–Crippen LogP) is 1.05. The van der Waals surface area contributed by atoms with Crippen LogP contribution in [0.2, 0.25) is 0 Å². The monoisotopic (exact) mass is 262 g/mol. The van der Waals surface area contributed by atoms with E-state index >= 15 is 0 Å². The Morgan fingerprint density at radius 2 is 2.26 bits per heavy atom. The average molecular weight is 262 g/mol. The van der Waals surface area contributed by atoms with Crippen molar-refractivity contribution < 1.29 is 4.79 Å². The summed E-state index contributed by atoms with van der Waals surface area (Å²) in [6, 6.07) is 3.81. The summed E-state index contributed by atoms with van der Waals surface area (Å²) in [6.07, 6.45) is 1.96. The molecule has 0 spiro atoms. The third-order valence-electron chi connectivity index (χ3n) is 3.90. The maximum absolute atomic E-state index is 11.5. The van der Waals surface area contributed by atoms with E-state index in [1.807, 2.05) is 13.0 Å². The number of hydrogen-bond donors (Lipinski definition) is 2. The second-order valence-corrected chi connectivity index (χ2v) is 5.25. The minimum absolute atomic E-state index is 0.239. The Kier molecular flexibility index (Phi) is 4.04. The fourth-order valence-electron chi connectivity index (χ4n) is 2.65. The largest absolute Gasteiger partial charge is 0.365 e. The number of carbonyl (C=O) groups is 1. The van der Waals surface area contributed by atoms with Crippen molar-refractivity contribution >= 4 is 11.7 Å². The second-order valence-electron chi connectivity index (χ2n) is 5.25. The number of aryl methyl sites for hydroxylation is 1. The number of nitrogens with zero attached hydrogens (tertiary/aromatic N) is 2. The zero-order chi connectivity index (χ0) is 14.0. The van der Waals surface area contributed by atoms with E-state index in [2.05, 4.69) is 16.8 Å². The van der Waals surface area contributed by atoms with E-state index in [0.29, 0.717) is 17.3 Å². The molecule has 1 amide bonds. The minimum atomic E-state index is -0.426. The molecule has 104 valence electrons. The van der Waals surface area contributed by atoms with Crippen LogP contribution in [0.1, 0.15) is 35.8 Å². The number of rotatable bonds is 3. The Morgan fingerprint density at radius 1 is 1.53 bits per heavy atom. The van der Waals surface area contributed by atoms with Crippen LogP contribution in [0, 0.1) is 12.8 Å². The van der Waals surface area contributed by atoms with Crippen molar-refractivity contribution in [1.82, 2.24) is 4.98 Å².